The molecule has 0 spiro atoms. The number of rotatable bonds is 7. The molecule has 0 atom stereocenters. The SMILES string of the molecule is COCc1nc(CCCc2cccs2)n(-c2ccncc2)n1. The van der Waals surface area contributed by atoms with Crippen LogP contribution < -0.4 is 0 Å². The Balaban J connectivity index is 1.76. The first-order chi connectivity index (χ1) is 10.9. The lowest BCUT2D eigenvalue weighted by Gasteiger charge is -2.05. The molecular formula is C16H18N4OS. The zero-order valence-electron chi connectivity index (χ0n) is 12.5. The normalized spacial score (nSPS) is 11.0. The van der Waals surface area contributed by atoms with Crippen LogP contribution >= 0.6 is 11.3 Å². The van der Waals surface area contributed by atoms with Crippen LogP contribution in [0.2, 0.25) is 0 Å². The summed E-state index contributed by atoms with van der Waals surface area (Å²) in [4.78, 5) is 10.1. The number of hydrogen-bond donors (Lipinski definition) is 0. The lowest BCUT2D eigenvalue weighted by atomic mass is 10.2. The topological polar surface area (TPSA) is 52.8 Å². The third-order valence-electron chi connectivity index (χ3n) is 3.30. The number of aryl methyl sites for hydroxylation is 2. The summed E-state index contributed by atoms with van der Waals surface area (Å²) in [6, 6.07) is 8.15. The Labute approximate surface area is 133 Å². The van der Waals surface area contributed by atoms with Crippen LogP contribution in [0.1, 0.15) is 22.9 Å². The van der Waals surface area contributed by atoms with E-state index in [4.69, 9.17) is 4.74 Å². The molecule has 3 rings (SSSR count). The van der Waals surface area contributed by atoms with Crippen molar-refractivity contribution in [1.29, 1.82) is 0 Å². The Kier molecular flexibility index (Phi) is 4.92. The number of aromatic nitrogens is 4. The molecule has 0 bridgehead atoms. The van der Waals surface area contributed by atoms with E-state index in [1.54, 1.807) is 30.8 Å². The van der Waals surface area contributed by atoms with Crippen molar-refractivity contribution in [1.82, 2.24) is 19.7 Å². The highest BCUT2D eigenvalue weighted by atomic mass is 32.1. The molecule has 0 aliphatic rings. The molecule has 3 aromatic heterocycles. The monoisotopic (exact) mass is 314 g/mol. The van der Waals surface area contributed by atoms with Gasteiger partial charge in [0.2, 0.25) is 0 Å². The van der Waals surface area contributed by atoms with Crippen molar-refractivity contribution in [2.24, 2.45) is 0 Å². The van der Waals surface area contributed by atoms with Crippen molar-refractivity contribution in [3.63, 3.8) is 0 Å². The van der Waals surface area contributed by atoms with Crippen LogP contribution in [0.5, 0.6) is 0 Å². The average Bonchev–Trinajstić information content (AvgIpc) is 3.19. The minimum absolute atomic E-state index is 0.427. The second kappa shape index (κ2) is 7.29. The highest BCUT2D eigenvalue weighted by Gasteiger charge is 2.11. The molecule has 0 saturated carbocycles. The molecule has 0 fully saturated rings. The second-order valence-corrected chi connectivity index (χ2v) is 5.96. The number of methoxy groups -OCH3 is 1. The maximum absolute atomic E-state index is 5.15. The third kappa shape index (κ3) is 3.58. The first-order valence-electron chi connectivity index (χ1n) is 7.23. The predicted octanol–water partition coefficient (Wildman–Crippen LogP) is 3.05. The zero-order chi connectivity index (χ0) is 15.2. The van der Waals surface area contributed by atoms with Gasteiger partial charge in [-0.05, 0) is 36.4 Å². The molecule has 0 radical (unpaired) electrons. The Morgan fingerprint density at radius 3 is 2.77 bits per heavy atom. The highest BCUT2D eigenvalue weighted by Crippen LogP contribution is 2.15. The highest BCUT2D eigenvalue weighted by molar-refractivity contribution is 7.09. The summed E-state index contributed by atoms with van der Waals surface area (Å²) in [5.74, 6) is 1.68. The molecule has 5 nitrogen and oxygen atoms in total. The van der Waals surface area contributed by atoms with Crippen LogP contribution in [0.3, 0.4) is 0 Å². The van der Waals surface area contributed by atoms with Gasteiger partial charge in [-0.15, -0.1) is 16.4 Å². The summed E-state index contributed by atoms with van der Waals surface area (Å²) in [5.41, 5.74) is 0.982. The molecule has 0 N–H and O–H groups in total. The molecule has 0 unspecified atom stereocenters. The van der Waals surface area contributed by atoms with Gasteiger partial charge in [-0.2, -0.15) is 0 Å². The maximum Gasteiger partial charge on any atom is 0.176 e. The first-order valence-corrected chi connectivity index (χ1v) is 8.11. The summed E-state index contributed by atoms with van der Waals surface area (Å²) in [7, 11) is 1.66. The number of thiophene rings is 1. The van der Waals surface area contributed by atoms with Gasteiger partial charge in [0.25, 0.3) is 0 Å². The fraction of sp³-hybridized carbons (Fsp3) is 0.312. The Bertz CT molecular complexity index is 694. The summed E-state index contributed by atoms with van der Waals surface area (Å²) in [6.45, 7) is 0.427. The molecule has 0 saturated heterocycles. The van der Waals surface area contributed by atoms with E-state index < -0.39 is 0 Å². The van der Waals surface area contributed by atoms with E-state index in [1.807, 2.05) is 16.8 Å². The van der Waals surface area contributed by atoms with Gasteiger partial charge in [0.15, 0.2) is 5.82 Å². The summed E-state index contributed by atoms with van der Waals surface area (Å²) < 4.78 is 7.04. The molecule has 0 amide bonds. The van der Waals surface area contributed by atoms with Gasteiger partial charge >= 0.3 is 0 Å². The summed E-state index contributed by atoms with van der Waals surface area (Å²) in [5, 5.41) is 6.66. The van der Waals surface area contributed by atoms with Gasteiger partial charge in [0.05, 0.1) is 5.69 Å². The van der Waals surface area contributed by atoms with Crippen molar-refractivity contribution < 1.29 is 4.74 Å². The van der Waals surface area contributed by atoms with E-state index in [0.717, 1.165) is 30.8 Å². The Morgan fingerprint density at radius 1 is 1.18 bits per heavy atom. The van der Waals surface area contributed by atoms with Gasteiger partial charge < -0.3 is 4.74 Å². The third-order valence-corrected chi connectivity index (χ3v) is 4.24. The summed E-state index contributed by atoms with van der Waals surface area (Å²) >= 11 is 1.80. The number of ether oxygens (including phenoxy) is 1. The molecule has 114 valence electrons. The summed E-state index contributed by atoms with van der Waals surface area (Å²) in [6.07, 6.45) is 6.54. The van der Waals surface area contributed by atoms with E-state index in [2.05, 4.69) is 32.6 Å². The maximum atomic E-state index is 5.15. The van der Waals surface area contributed by atoms with E-state index in [-0.39, 0.29) is 0 Å². The van der Waals surface area contributed by atoms with Crippen LogP contribution in [0.4, 0.5) is 0 Å². The minimum Gasteiger partial charge on any atom is -0.377 e. The average molecular weight is 314 g/mol. The van der Waals surface area contributed by atoms with Crippen LogP contribution in [0.15, 0.2) is 42.0 Å². The fourth-order valence-corrected chi connectivity index (χ4v) is 3.06. The van der Waals surface area contributed by atoms with Crippen molar-refractivity contribution in [2.45, 2.75) is 25.9 Å². The van der Waals surface area contributed by atoms with Gasteiger partial charge in [-0.1, -0.05) is 6.07 Å². The van der Waals surface area contributed by atoms with Crippen LogP contribution in [0.25, 0.3) is 5.69 Å². The molecule has 3 heterocycles. The second-order valence-electron chi connectivity index (χ2n) is 4.93. The Morgan fingerprint density at radius 2 is 2.05 bits per heavy atom. The van der Waals surface area contributed by atoms with Crippen LogP contribution in [-0.2, 0) is 24.2 Å². The van der Waals surface area contributed by atoms with Crippen molar-refractivity contribution in [3.05, 3.63) is 58.6 Å². The zero-order valence-corrected chi connectivity index (χ0v) is 13.3. The van der Waals surface area contributed by atoms with Gasteiger partial charge in [0, 0.05) is 30.8 Å². The molecule has 0 aromatic carbocycles. The first kappa shape index (κ1) is 14.9. The number of pyridine rings is 1. The Hall–Kier alpha value is -2.05. The number of nitrogens with zero attached hydrogens (tertiary/aromatic N) is 4. The smallest absolute Gasteiger partial charge is 0.176 e. The van der Waals surface area contributed by atoms with Gasteiger partial charge in [-0.3, -0.25) is 4.98 Å². The number of hydrogen-bond acceptors (Lipinski definition) is 5. The molecule has 0 aliphatic carbocycles. The molecule has 3 aromatic rings. The largest absolute Gasteiger partial charge is 0.377 e. The van der Waals surface area contributed by atoms with E-state index in [9.17, 15) is 0 Å². The van der Waals surface area contributed by atoms with Gasteiger partial charge in [-0.25, -0.2) is 9.67 Å². The molecule has 6 heteroatoms. The van der Waals surface area contributed by atoms with Crippen LogP contribution in [0, 0.1) is 0 Å². The van der Waals surface area contributed by atoms with E-state index >= 15 is 0 Å². The van der Waals surface area contributed by atoms with Crippen LogP contribution in [-0.4, -0.2) is 26.9 Å². The predicted molar refractivity (Wildman–Crippen MR) is 86.2 cm³/mol. The lowest BCUT2D eigenvalue weighted by molar-refractivity contribution is 0.178. The quantitative estimate of drug-likeness (QED) is 0.672. The van der Waals surface area contributed by atoms with E-state index in [1.165, 1.54) is 4.88 Å². The standard InChI is InChI=1S/C16H18N4OS/c1-21-12-15-18-16(6-2-4-14-5-3-11-22-14)20(19-15)13-7-9-17-10-8-13/h3,5,7-11H,2,4,6,12H2,1H3. The fourth-order valence-electron chi connectivity index (χ4n) is 2.31. The van der Waals surface area contributed by atoms with Crippen molar-refractivity contribution >= 4 is 11.3 Å². The molecule has 22 heavy (non-hydrogen) atoms. The van der Waals surface area contributed by atoms with E-state index in [0.29, 0.717) is 12.4 Å². The van der Waals surface area contributed by atoms with Crippen molar-refractivity contribution in [3.8, 4) is 5.69 Å². The van der Waals surface area contributed by atoms with Crippen molar-refractivity contribution in [2.75, 3.05) is 7.11 Å². The van der Waals surface area contributed by atoms with Gasteiger partial charge in [0.1, 0.15) is 12.4 Å². The lowest BCUT2D eigenvalue weighted by Crippen LogP contribution is -2.04. The molecule has 0 aliphatic heterocycles. The minimum atomic E-state index is 0.427. The molecular weight excluding hydrogens is 296 g/mol.